The second-order valence-electron chi connectivity index (χ2n) is 9.59. The Morgan fingerprint density at radius 3 is 1.56 bits per heavy atom. The van der Waals surface area contributed by atoms with Crippen LogP contribution >= 0.6 is 0 Å². The normalized spacial score (nSPS) is 17.1. The summed E-state index contributed by atoms with van der Waals surface area (Å²) in [7, 11) is 0. The van der Waals surface area contributed by atoms with E-state index in [1.165, 1.54) is 30.3 Å². The molecule has 0 saturated heterocycles. The molecule has 41 heavy (non-hydrogen) atoms. The zero-order valence-electron chi connectivity index (χ0n) is 21.5. The molecule has 15 heteroatoms. The molecule has 0 radical (unpaired) electrons. The van der Waals surface area contributed by atoms with Gasteiger partial charge in [0.15, 0.2) is 0 Å². The Hall–Kier alpha value is -2.71. The van der Waals surface area contributed by atoms with Crippen LogP contribution in [0.2, 0.25) is 0 Å². The second kappa shape index (κ2) is 11.2. The topological polar surface area (TPSA) is 29.5 Å². The van der Waals surface area contributed by atoms with E-state index in [9.17, 15) is 62.2 Å². The minimum absolute atomic E-state index is 0.0326. The first-order valence-corrected chi connectivity index (χ1v) is 11.9. The second-order valence-corrected chi connectivity index (χ2v) is 9.59. The molecule has 2 aromatic carbocycles. The average molecular weight is 616 g/mol. The average Bonchev–Trinajstić information content (AvgIpc) is 2.87. The van der Waals surface area contributed by atoms with Crippen LogP contribution in [0.4, 0.5) is 57.1 Å². The van der Waals surface area contributed by atoms with Crippen LogP contribution in [0.15, 0.2) is 54.6 Å². The maximum atomic E-state index is 15.0. The van der Waals surface area contributed by atoms with Crippen LogP contribution < -0.4 is 4.74 Å². The van der Waals surface area contributed by atoms with Crippen molar-refractivity contribution in [2.45, 2.75) is 87.0 Å². The minimum Gasteiger partial charge on any atom is -0.491 e. The summed E-state index contributed by atoms with van der Waals surface area (Å²) < 4.78 is 184. The summed E-state index contributed by atoms with van der Waals surface area (Å²) in [6.45, 7) is 4.41. The van der Waals surface area contributed by atoms with Crippen molar-refractivity contribution < 1.29 is 66.9 Å². The molecule has 232 valence electrons. The molecule has 0 aromatic heterocycles. The van der Waals surface area contributed by atoms with E-state index in [-0.39, 0.29) is 17.4 Å². The van der Waals surface area contributed by atoms with E-state index in [1.54, 1.807) is 13.8 Å². The number of hydrogen-bond donors (Lipinski definition) is 1. The first-order valence-electron chi connectivity index (χ1n) is 11.9. The molecule has 0 amide bonds. The van der Waals surface area contributed by atoms with E-state index < -0.39 is 59.3 Å². The van der Waals surface area contributed by atoms with Crippen molar-refractivity contribution in [3.8, 4) is 5.75 Å². The minimum atomic E-state index is -8.02. The number of rotatable bonds is 12. The summed E-state index contributed by atoms with van der Waals surface area (Å²) in [6.07, 6.45) is -10.1. The Labute approximate surface area is 226 Å². The van der Waals surface area contributed by atoms with E-state index in [4.69, 9.17) is 4.74 Å². The molecule has 0 spiro atoms. The number of benzene rings is 2. The zero-order valence-corrected chi connectivity index (χ0v) is 21.5. The molecule has 0 aliphatic carbocycles. The Kier molecular flexibility index (Phi) is 9.40. The van der Waals surface area contributed by atoms with E-state index in [0.29, 0.717) is 6.42 Å². The lowest BCUT2D eigenvalue weighted by Gasteiger charge is -2.43. The summed E-state index contributed by atoms with van der Waals surface area (Å²) in [6, 6.07) is 10.5. The van der Waals surface area contributed by atoms with Gasteiger partial charge in [-0.1, -0.05) is 56.3 Å². The van der Waals surface area contributed by atoms with Gasteiger partial charge in [0, 0.05) is 5.92 Å². The van der Waals surface area contributed by atoms with Gasteiger partial charge < -0.3 is 9.84 Å². The van der Waals surface area contributed by atoms with Gasteiger partial charge in [-0.3, -0.25) is 0 Å². The van der Waals surface area contributed by atoms with Gasteiger partial charge in [-0.15, -0.1) is 0 Å². The molecule has 2 aromatic rings. The van der Waals surface area contributed by atoms with E-state index in [2.05, 4.69) is 0 Å². The smallest absolute Gasteiger partial charge is 0.460 e. The summed E-state index contributed by atoms with van der Waals surface area (Å²) in [5, 5.41) is 11.4. The van der Waals surface area contributed by atoms with Gasteiger partial charge in [0.05, 0.1) is 12.5 Å². The summed E-state index contributed by atoms with van der Waals surface area (Å²) >= 11 is 0. The van der Waals surface area contributed by atoms with Crippen LogP contribution in [0.1, 0.15) is 50.7 Å². The Morgan fingerprint density at radius 2 is 1.12 bits per heavy atom. The Balaban J connectivity index is 2.66. The Morgan fingerprint density at radius 1 is 0.659 bits per heavy atom. The van der Waals surface area contributed by atoms with E-state index in [1.807, 2.05) is 0 Å². The highest BCUT2D eigenvalue weighted by atomic mass is 19.4. The van der Waals surface area contributed by atoms with Crippen LogP contribution in [-0.2, 0) is 5.60 Å². The third-order valence-corrected chi connectivity index (χ3v) is 6.77. The van der Waals surface area contributed by atoms with E-state index in [0.717, 1.165) is 31.2 Å². The molecule has 0 bridgehead atoms. The number of ether oxygens (including phenoxy) is 1. The molecule has 0 saturated carbocycles. The number of aliphatic hydroxyl groups is 1. The fraction of sp³-hybridized carbons (Fsp3) is 0.538. The first kappa shape index (κ1) is 34.5. The summed E-state index contributed by atoms with van der Waals surface area (Å²) in [4.78, 5) is 0. The van der Waals surface area contributed by atoms with Gasteiger partial charge in [0.1, 0.15) is 11.4 Å². The van der Waals surface area contributed by atoms with Crippen molar-refractivity contribution >= 4 is 0 Å². The molecular formula is C26H25F13O2. The van der Waals surface area contributed by atoms with Gasteiger partial charge in [0.2, 0.25) is 0 Å². The lowest BCUT2D eigenvalue weighted by molar-refractivity contribution is -0.441. The zero-order chi connectivity index (χ0) is 31.9. The highest BCUT2D eigenvalue weighted by Gasteiger charge is 2.90. The van der Waals surface area contributed by atoms with Crippen molar-refractivity contribution in [2.75, 3.05) is 0 Å². The first-order chi connectivity index (χ1) is 18.4. The van der Waals surface area contributed by atoms with Gasteiger partial charge >= 0.3 is 35.8 Å². The largest absolute Gasteiger partial charge is 0.491 e. The van der Waals surface area contributed by atoms with Gasteiger partial charge in [-0.05, 0) is 36.6 Å². The highest BCUT2D eigenvalue weighted by Crippen LogP contribution is 2.62. The van der Waals surface area contributed by atoms with Crippen molar-refractivity contribution in [1.82, 2.24) is 0 Å². The molecule has 2 rings (SSSR count). The van der Waals surface area contributed by atoms with Gasteiger partial charge in [0.25, 0.3) is 0 Å². The van der Waals surface area contributed by atoms with Crippen LogP contribution in [0, 0.1) is 0 Å². The SMILES string of the molecule is CCC(C)Oc1ccc(C(O)(CC(F)(F)C(F)(F)C(F)(F)C(F)(F)C(F)(F)C(F)(F)F)C(C)c2ccccc2)cc1. The Bertz CT molecular complexity index is 1150. The third kappa shape index (κ3) is 5.96. The summed E-state index contributed by atoms with van der Waals surface area (Å²) in [5.41, 5.74) is -3.95. The lowest BCUT2D eigenvalue weighted by atomic mass is 9.73. The van der Waals surface area contributed by atoms with Crippen molar-refractivity contribution in [2.24, 2.45) is 0 Å². The van der Waals surface area contributed by atoms with Gasteiger partial charge in [-0.2, -0.15) is 57.1 Å². The molecule has 0 heterocycles. The van der Waals surface area contributed by atoms with Crippen LogP contribution in [0.3, 0.4) is 0 Å². The quantitative estimate of drug-likeness (QED) is 0.241. The number of hydrogen-bond acceptors (Lipinski definition) is 2. The highest BCUT2D eigenvalue weighted by molar-refractivity contribution is 5.35. The van der Waals surface area contributed by atoms with Crippen LogP contribution in [0.5, 0.6) is 5.75 Å². The fourth-order valence-corrected chi connectivity index (χ4v) is 3.91. The fourth-order valence-electron chi connectivity index (χ4n) is 3.91. The molecule has 0 aliphatic rings. The van der Waals surface area contributed by atoms with Crippen LogP contribution in [-0.4, -0.2) is 47.0 Å². The lowest BCUT2D eigenvalue weighted by Crippen LogP contribution is -2.70. The number of halogens is 13. The summed E-state index contributed by atoms with van der Waals surface area (Å²) in [5.74, 6) is -39.4. The predicted molar refractivity (Wildman–Crippen MR) is 121 cm³/mol. The molecule has 2 nitrogen and oxygen atoms in total. The molecule has 3 unspecified atom stereocenters. The maximum Gasteiger partial charge on any atom is 0.460 e. The number of alkyl halides is 13. The van der Waals surface area contributed by atoms with Crippen molar-refractivity contribution in [3.05, 3.63) is 65.7 Å². The predicted octanol–water partition coefficient (Wildman–Crippen LogP) is 8.98. The third-order valence-electron chi connectivity index (χ3n) is 6.77. The van der Waals surface area contributed by atoms with Gasteiger partial charge in [-0.25, -0.2) is 0 Å². The van der Waals surface area contributed by atoms with Crippen LogP contribution in [0.25, 0.3) is 0 Å². The molecular weight excluding hydrogens is 591 g/mol. The molecule has 0 aliphatic heterocycles. The van der Waals surface area contributed by atoms with E-state index >= 15 is 0 Å². The van der Waals surface area contributed by atoms with Crippen molar-refractivity contribution in [3.63, 3.8) is 0 Å². The molecule has 3 atom stereocenters. The maximum absolute atomic E-state index is 15.0. The molecule has 1 N–H and O–H groups in total. The standard InChI is InChI=1S/C26H25F13O2/c1-4-15(2)41-19-12-10-18(11-13-19)20(40,16(3)17-8-6-5-7-9-17)14-21(27,28)22(29,30)23(31,32)24(33,34)25(35,36)26(37,38)39/h5-13,15-16,40H,4,14H2,1-3H3. The van der Waals surface area contributed by atoms with Crippen molar-refractivity contribution in [1.29, 1.82) is 0 Å². The molecule has 0 fully saturated rings. The monoisotopic (exact) mass is 616 g/mol.